The number of nitrogens with two attached hydrogens (primary N) is 1. The van der Waals surface area contributed by atoms with Crippen molar-refractivity contribution in [2.24, 2.45) is 17.1 Å². The van der Waals surface area contributed by atoms with Crippen LogP contribution in [0.1, 0.15) is 52.4 Å². The topological polar surface area (TPSA) is 38.0 Å². The van der Waals surface area contributed by atoms with Crippen LogP contribution in [0.2, 0.25) is 0 Å². The fourth-order valence-corrected chi connectivity index (χ4v) is 3.03. The van der Waals surface area contributed by atoms with Crippen LogP contribution in [0.5, 0.6) is 0 Å². The third-order valence-electron chi connectivity index (χ3n) is 4.51. The first-order valence-electron chi connectivity index (χ1n) is 6.64. The van der Waals surface area contributed by atoms with Gasteiger partial charge in [0.05, 0.1) is 0 Å². The molecule has 2 saturated carbocycles. The highest BCUT2D eigenvalue weighted by atomic mass is 15.0. The highest BCUT2D eigenvalue weighted by Gasteiger charge is 2.40. The second kappa shape index (κ2) is 4.42. The molecule has 0 aliphatic heterocycles. The highest BCUT2D eigenvalue weighted by molar-refractivity contribution is 4.98. The molecule has 0 aromatic carbocycles. The van der Waals surface area contributed by atoms with Gasteiger partial charge in [-0.1, -0.05) is 26.7 Å². The number of nitrogens with one attached hydrogen (secondary N) is 1. The van der Waals surface area contributed by atoms with Gasteiger partial charge in [0.1, 0.15) is 0 Å². The largest absolute Gasteiger partial charge is 0.327 e. The van der Waals surface area contributed by atoms with Gasteiger partial charge in [-0.3, -0.25) is 0 Å². The van der Waals surface area contributed by atoms with E-state index in [1.807, 2.05) is 0 Å². The molecule has 0 saturated heterocycles. The van der Waals surface area contributed by atoms with Crippen LogP contribution >= 0.6 is 0 Å². The first kappa shape index (κ1) is 11.4. The Morgan fingerprint density at radius 3 is 2.87 bits per heavy atom. The maximum atomic E-state index is 6.17. The minimum atomic E-state index is 0.374. The zero-order valence-corrected chi connectivity index (χ0v) is 10.3. The Bertz CT molecular complexity index is 217. The lowest BCUT2D eigenvalue weighted by Gasteiger charge is -2.29. The van der Waals surface area contributed by atoms with Crippen molar-refractivity contribution in [3.8, 4) is 0 Å². The van der Waals surface area contributed by atoms with E-state index in [4.69, 9.17) is 5.73 Å². The molecule has 2 heteroatoms. The molecule has 0 bridgehead atoms. The van der Waals surface area contributed by atoms with Gasteiger partial charge in [-0.25, -0.2) is 0 Å². The average Bonchev–Trinajstić information content (AvgIpc) is 2.86. The second-order valence-electron chi connectivity index (χ2n) is 5.92. The lowest BCUT2D eigenvalue weighted by atomic mass is 9.85. The molecule has 0 heterocycles. The van der Waals surface area contributed by atoms with E-state index < -0.39 is 0 Å². The summed E-state index contributed by atoms with van der Waals surface area (Å²) in [5.41, 5.74) is 6.55. The summed E-state index contributed by atoms with van der Waals surface area (Å²) >= 11 is 0. The maximum absolute atomic E-state index is 6.17. The van der Waals surface area contributed by atoms with Crippen molar-refractivity contribution in [1.29, 1.82) is 0 Å². The number of hydrogen-bond acceptors (Lipinski definition) is 2. The zero-order valence-electron chi connectivity index (χ0n) is 10.3. The van der Waals surface area contributed by atoms with Crippen LogP contribution in [-0.4, -0.2) is 18.6 Å². The molecule has 2 aliphatic rings. The molecule has 2 aliphatic carbocycles. The summed E-state index contributed by atoms with van der Waals surface area (Å²) < 4.78 is 0. The Kier molecular flexibility index (Phi) is 3.36. The number of hydrogen-bond donors (Lipinski definition) is 2. The summed E-state index contributed by atoms with van der Waals surface area (Å²) in [6.07, 6.45) is 8.00. The monoisotopic (exact) mass is 210 g/mol. The van der Waals surface area contributed by atoms with Crippen LogP contribution in [-0.2, 0) is 0 Å². The summed E-state index contributed by atoms with van der Waals surface area (Å²) in [4.78, 5) is 0. The Labute approximate surface area is 94.0 Å². The molecule has 0 aromatic heterocycles. The standard InChI is InChI=1S/C13H26N2/c1-3-5-10-8-11(10)15-9-13(2)7-4-6-12(13)14/h10-12,15H,3-9,14H2,1-2H3. The van der Waals surface area contributed by atoms with Gasteiger partial charge in [0.15, 0.2) is 0 Å². The molecule has 2 nitrogen and oxygen atoms in total. The molecule has 2 fully saturated rings. The molecule has 0 aromatic rings. The van der Waals surface area contributed by atoms with E-state index in [9.17, 15) is 0 Å². The van der Waals surface area contributed by atoms with Crippen LogP contribution in [0, 0.1) is 11.3 Å². The fourth-order valence-electron chi connectivity index (χ4n) is 3.03. The third-order valence-corrected chi connectivity index (χ3v) is 4.51. The highest BCUT2D eigenvalue weighted by Crippen LogP contribution is 2.39. The summed E-state index contributed by atoms with van der Waals surface area (Å²) in [5.74, 6) is 0.969. The summed E-state index contributed by atoms with van der Waals surface area (Å²) in [5, 5.41) is 3.72. The summed E-state index contributed by atoms with van der Waals surface area (Å²) in [6, 6.07) is 1.24. The number of rotatable bonds is 5. The minimum absolute atomic E-state index is 0.374. The fraction of sp³-hybridized carbons (Fsp3) is 1.00. The third kappa shape index (κ3) is 2.54. The molecular formula is C13H26N2. The predicted molar refractivity (Wildman–Crippen MR) is 64.7 cm³/mol. The van der Waals surface area contributed by atoms with Crippen molar-refractivity contribution in [2.45, 2.75) is 64.5 Å². The van der Waals surface area contributed by atoms with Crippen molar-refractivity contribution in [2.75, 3.05) is 6.54 Å². The van der Waals surface area contributed by atoms with Gasteiger partial charge in [0.25, 0.3) is 0 Å². The molecule has 88 valence electrons. The van der Waals surface area contributed by atoms with Crippen LogP contribution in [0.4, 0.5) is 0 Å². The first-order valence-corrected chi connectivity index (χ1v) is 6.64. The lowest BCUT2D eigenvalue weighted by Crippen LogP contribution is -2.43. The lowest BCUT2D eigenvalue weighted by molar-refractivity contribution is 0.275. The van der Waals surface area contributed by atoms with E-state index in [1.54, 1.807) is 0 Å². The van der Waals surface area contributed by atoms with Gasteiger partial charge in [0, 0.05) is 18.6 Å². The summed E-state index contributed by atoms with van der Waals surface area (Å²) in [7, 11) is 0. The van der Waals surface area contributed by atoms with E-state index in [2.05, 4.69) is 19.2 Å². The quantitative estimate of drug-likeness (QED) is 0.730. The Morgan fingerprint density at radius 2 is 2.27 bits per heavy atom. The molecular weight excluding hydrogens is 184 g/mol. The van der Waals surface area contributed by atoms with Gasteiger partial charge in [-0.2, -0.15) is 0 Å². The van der Waals surface area contributed by atoms with Gasteiger partial charge >= 0.3 is 0 Å². The molecule has 15 heavy (non-hydrogen) atoms. The Balaban J connectivity index is 1.70. The average molecular weight is 210 g/mol. The van der Waals surface area contributed by atoms with E-state index in [0.29, 0.717) is 11.5 Å². The van der Waals surface area contributed by atoms with Gasteiger partial charge in [-0.05, 0) is 37.0 Å². The van der Waals surface area contributed by atoms with Crippen LogP contribution in [0.25, 0.3) is 0 Å². The molecule has 4 unspecified atom stereocenters. The van der Waals surface area contributed by atoms with Gasteiger partial charge in [-0.15, -0.1) is 0 Å². The molecule has 3 N–H and O–H groups in total. The van der Waals surface area contributed by atoms with E-state index in [-0.39, 0.29) is 0 Å². The van der Waals surface area contributed by atoms with E-state index in [0.717, 1.165) is 18.5 Å². The van der Waals surface area contributed by atoms with Gasteiger partial charge in [0.2, 0.25) is 0 Å². The zero-order chi connectivity index (χ0) is 10.9. The minimum Gasteiger partial charge on any atom is -0.327 e. The maximum Gasteiger partial charge on any atom is 0.0105 e. The molecule has 0 radical (unpaired) electrons. The van der Waals surface area contributed by atoms with Gasteiger partial charge < -0.3 is 11.1 Å². The first-order chi connectivity index (χ1) is 7.15. The Morgan fingerprint density at radius 1 is 1.47 bits per heavy atom. The molecule has 0 spiro atoms. The van der Waals surface area contributed by atoms with Crippen molar-refractivity contribution < 1.29 is 0 Å². The van der Waals surface area contributed by atoms with Crippen LogP contribution in [0.3, 0.4) is 0 Å². The second-order valence-corrected chi connectivity index (χ2v) is 5.92. The SMILES string of the molecule is CCCC1CC1NCC1(C)CCCC1N. The normalized spacial score (nSPS) is 44.6. The molecule has 2 rings (SSSR count). The van der Waals surface area contributed by atoms with E-state index >= 15 is 0 Å². The van der Waals surface area contributed by atoms with Crippen LogP contribution < -0.4 is 11.1 Å². The predicted octanol–water partition coefficient (Wildman–Crippen LogP) is 2.28. The Hall–Kier alpha value is -0.0800. The van der Waals surface area contributed by atoms with Crippen molar-refractivity contribution in [3.63, 3.8) is 0 Å². The van der Waals surface area contributed by atoms with Crippen LogP contribution in [0.15, 0.2) is 0 Å². The smallest absolute Gasteiger partial charge is 0.0105 e. The molecule has 0 amide bonds. The summed E-state index contributed by atoms with van der Waals surface area (Å²) in [6.45, 7) is 5.78. The van der Waals surface area contributed by atoms with Crippen molar-refractivity contribution >= 4 is 0 Å². The van der Waals surface area contributed by atoms with Crippen molar-refractivity contribution in [1.82, 2.24) is 5.32 Å². The molecule has 4 atom stereocenters. The van der Waals surface area contributed by atoms with Crippen molar-refractivity contribution in [3.05, 3.63) is 0 Å². The van der Waals surface area contributed by atoms with E-state index in [1.165, 1.54) is 38.5 Å².